The van der Waals surface area contributed by atoms with Gasteiger partial charge in [-0.3, -0.25) is 4.79 Å². The number of rotatable bonds is 8. The lowest BCUT2D eigenvalue weighted by molar-refractivity contribution is -0.124. The first-order chi connectivity index (χ1) is 17.4. The molecule has 0 spiro atoms. The highest BCUT2D eigenvalue weighted by atomic mass is 35.5. The van der Waals surface area contributed by atoms with E-state index in [-0.39, 0.29) is 11.6 Å². The van der Waals surface area contributed by atoms with Crippen molar-refractivity contribution in [1.29, 1.82) is 0 Å². The summed E-state index contributed by atoms with van der Waals surface area (Å²) in [5, 5.41) is 17.3. The van der Waals surface area contributed by atoms with Crippen molar-refractivity contribution in [3.05, 3.63) is 47.5 Å². The van der Waals surface area contributed by atoms with Gasteiger partial charge in [0.15, 0.2) is 6.10 Å². The van der Waals surface area contributed by atoms with Gasteiger partial charge in [0, 0.05) is 29.4 Å². The van der Waals surface area contributed by atoms with E-state index in [2.05, 4.69) is 37.8 Å². The Hall–Kier alpha value is -3.27. The Bertz CT molecular complexity index is 1100. The average molecular weight is 521 g/mol. The molecule has 36 heavy (non-hydrogen) atoms. The fraction of sp³-hybridized carbons (Fsp3) is 0.440. The molecule has 11 heteroatoms. The molecule has 2 aromatic carbocycles. The summed E-state index contributed by atoms with van der Waals surface area (Å²) in [5.41, 5.74) is 1.87. The molecule has 8 nitrogen and oxygen atoms in total. The van der Waals surface area contributed by atoms with Gasteiger partial charge in [-0.1, -0.05) is 32.4 Å². The number of carbonyl (C=O) groups excluding carboxylic acids is 1. The van der Waals surface area contributed by atoms with E-state index in [1.165, 1.54) is 18.6 Å². The molecule has 1 aliphatic heterocycles. The van der Waals surface area contributed by atoms with Gasteiger partial charge >= 0.3 is 0 Å². The third-order valence-electron chi connectivity index (χ3n) is 5.65. The normalized spacial score (nSPS) is 16.2. The zero-order chi connectivity index (χ0) is 26.1. The van der Waals surface area contributed by atoms with Crippen LogP contribution in [0.4, 0.5) is 20.2 Å². The molecule has 2 N–H and O–H groups in total. The van der Waals surface area contributed by atoms with Crippen molar-refractivity contribution in [3.8, 4) is 17.1 Å². The minimum absolute atomic E-state index is 0.262. The molecule has 2 heterocycles. The van der Waals surface area contributed by atoms with E-state index < -0.39 is 24.9 Å². The Kier molecular flexibility index (Phi) is 9.98. The molecule has 0 bridgehead atoms. The van der Waals surface area contributed by atoms with Crippen LogP contribution in [0.1, 0.15) is 40.0 Å². The van der Waals surface area contributed by atoms with Gasteiger partial charge in [-0.25, -0.2) is 8.78 Å². The maximum absolute atomic E-state index is 13.2. The van der Waals surface area contributed by atoms with Crippen molar-refractivity contribution in [2.24, 2.45) is 5.92 Å². The van der Waals surface area contributed by atoms with Crippen molar-refractivity contribution in [1.82, 2.24) is 20.6 Å². The number of piperidine rings is 1. The molecule has 1 saturated heterocycles. The molecule has 1 amide bonds. The molecule has 0 radical (unpaired) electrons. The fourth-order valence-electron chi connectivity index (χ4n) is 3.98. The van der Waals surface area contributed by atoms with Gasteiger partial charge in [0.25, 0.3) is 5.91 Å². The molecule has 2 atom stereocenters. The molecule has 0 aliphatic carbocycles. The third-order valence-corrected chi connectivity index (χ3v) is 5.90. The highest BCUT2D eigenvalue weighted by Gasteiger charge is 2.27. The van der Waals surface area contributed by atoms with Gasteiger partial charge in [0.05, 0.1) is 12.1 Å². The van der Waals surface area contributed by atoms with Crippen LogP contribution in [-0.4, -0.2) is 52.2 Å². The van der Waals surface area contributed by atoms with E-state index in [9.17, 15) is 13.6 Å². The first-order valence-electron chi connectivity index (χ1n) is 12.0. The summed E-state index contributed by atoms with van der Waals surface area (Å²) in [6.07, 6.45) is -2.64. The van der Waals surface area contributed by atoms with E-state index >= 15 is 0 Å². The van der Waals surface area contributed by atoms with E-state index in [1.807, 2.05) is 26.0 Å². The Labute approximate surface area is 214 Å². The Morgan fingerprint density at radius 2 is 2.00 bits per heavy atom. The number of hydrogen-bond donors (Lipinski definition) is 2. The van der Waals surface area contributed by atoms with Crippen LogP contribution in [0.15, 0.2) is 42.5 Å². The Morgan fingerprint density at radius 3 is 2.64 bits per heavy atom. The molecule has 4 rings (SSSR count). The van der Waals surface area contributed by atoms with Gasteiger partial charge < -0.3 is 15.0 Å². The number of halogens is 3. The molecule has 194 valence electrons. The van der Waals surface area contributed by atoms with Crippen molar-refractivity contribution in [2.45, 2.75) is 52.6 Å². The number of benzene rings is 2. The van der Waals surface area contributed by atoms with Gasteiger partial charge in [-0.2, -0.15) is 5.21 Å². The largest absolute Gasteiger partial charge is 0.480 e. The molecule has 3 aromatic rings. The van der Waals surface area contributed by atoms with Crippen LogP contribution in [0.5, 0.6) is 5.75 Å². The van der Waals surface area contributed by atoms with Crippen LogP contribution >= 0.6 is 11.6 Å². The van der Waals surface area contributed by atoms with Crippen LogP contribution in [0, 0.1) is 5.92 Å². The van der Waals surface area contributed by atoms with Crippen LogP contribution < -0.4 is 15.0 Å². The van der Waals surface area contributed by atoms with Crippen molar-refractivity contribution in [3.63, 3.8) is 0 Å². The molecule has 1 aliphatic rings. The molecule has 1 aromatic heterocycles. The van der Waals surface area contributed by atoms with E-state index in [1.54, 1.807) is 18.2 Å². The molecule has 1 fully saturated rings. The second-order valence-electron chi connectivity index (χ2n) is 8.34. The number of tetrazole rings is 1. The summed E-state index contributed by atoms with van der Waals surface area (Å²) in [6, 6.07) is 11.6. The predicted molar refractivity (Wildman–Crippen MR) is 137 cm³/mol. The first kappa shape index (κ1) is 27.3. The summed E-state index contributed by atoms with van der Waals surface area (Å²) in [7, 11) is 0. The maximum Gasteiger partial charge on any atom is 0.265 e. The fourth-order valence-corrected chi connectivity index (χ4v) is 4.11. The Balaban J connectivity index is 0.00000176. The van der Waals surface area contributed by atoms with Gasteiger partial charge in [-0.05, 0) is 66.4 Å². The summed E-state index contributed by atoms with van der Waals surface area (Å²) < 4.78 is 32.0. The van der Waals surface area contributed by atoms with E-state index in [0.29, 0.717) is 22.2 Å². The van der Waals surface area contributed by atoms with E-state index in [0.717, 1.165) is 25.2 Å². The Morgan fingerprint density at radius 1 is 1.25 bits per heavy atom. The summed E-state index contributed by atoms with van der Waals surface area (Å²) in [6.45, 7) is 8.06. The highest BCUT2D eigenvalue weighted by molar-refractivity contribution is 6.30. The number of aromatic nitrogens is 4. The quantitative estimate of drug-likeness (QED) is 0.388. The lowest BCUT2D eigenvalue weighted by Gasteiger charge is -2.33. The zero-order valence-corrected chi connectivity index (χ0v) is 21.3. The number of carbonyl (C=O) groups is 1. The predicted octanol–water partition coefficient (Wildman–Crippen LogP) is 5.82. The molecule has 0 unspecified atom stereocenters. The lowest BCUT2D eigenvalue weighted by Crippen LogP contribution is -2.35. The second-order valence-corrected chi connectivity index (χ2v) is 8.77. The topological polar surface area (TPSA) is 96.0 Å². The minimum atomic E-state index is -2.73. The summed E-state index contributed by atoms with van der Waals surface area (Å²) in [4.78, 5) is 15.3. The number of hydrogen-bond acceptors (Lipinski definition) is 6. The standard InChI is InChI=1S/C23H25ClF2N6O2.C2H6/c1-14-3-2-10-32(13-14)16-6-9-19(18(11-16)22-28-30-31-29-22)27-23(33)20(12-21(25)26)34-17-7-4-15(24)5-8-17;1-2/h4-9,11,14,20-21H,2-3,10,12-13H2,1H3,(H,27,33)(H,28,29,30,31);1-2H3/t14-,20+;/m1./s1. The lowest BCUT2D eigenvalue weighted by atomic mass is 9.99. The van der Waals surface area contributed by atoms with Crippen molar-refractivity contribution < 1.29 is 18.3 Å². The molecular formula is C25H31ClF2N6O2. The number of alkyl halides is 2. The third kappa shape index (κ3) is 7.36. The molecular weight excluding hydrogens is 490 g/mol. The maximum atomic E-state index is 13.2. The number of H-pyrrole nitrogens is 1. The SMILES string of the molecule is CC.C[C@@H]1CCCN(c2ccc(NC(=O)[C@H](CC(F)F)Oc3ccc(Cl)cc3)c(-c3nn[nH]n3)c2)C1. The van der Waals surface area contributed by atoms with Crippen molar-refractivity contribution in [2.75, 3.05) is 23.3 Å². The average Bonchev–Trinajstić information content (AvgIpc) is 3.41. The minimum Gasteiger partial charge on any atom is -0.480 e. The summed E-state index contributed by atoms with van der Waals surface area (Å²) >= 11 is 5.87. The van der Waals surface area contributed by atoms with Crippen LogP contribution in [0.25, 0.3) is 11.4 Å². The van der Waals surface area contributed by atoms with Crippen molar-refractivity contribution >= 4 is 28.9 Å². The monoisotopic (exact) mass is 520 g/mol. The number of aromatic amines is 1. The number of ether oxygens (including phenoxy) is 1. The summed E-state index contributed by atoms with van der Waals surface area (Å²) in [5.74, 6) is 0.408. The van der Waals surface area contributed by atoms with Crippen LogP contribution in [0.2, 0.25) is 5.02 Å². The van der Waals surface area contributed by atoms with Gasteiger partial charge in [0.1, 0.15) is 5.75 Å². The second kappa shape index (κ2) is 13.2. The van der Waals surface area contributed by atoms with Gasteiger partial charge in [-0.15, -0.1) is 10.2 Å². The van der Waals surface area contributed by atoms with Crippen LogP contribution in [-0.2, 0) is 4.79 Å². The number of anilines is 2. The number of nitrogens with one attached hydrogen (secondary N) is 2. The smallest absolute Gasteiger partial charge is 0.265 e. The first-order valence-corrected chi connectivity index (χ1v) is 12.4. The van der Waals surface area contributed by atoms with E-state index in [4.69, 9.17) is 16.3 Å². The number of amides is 1. The zero-order valence-electron chi connectivity index (χ0n) is 20.5. The number of nitrogens with zero attached hydrogens (tertiary/aromatic N) is 4. The molecule has 0 saturated carbocycles. The highest BCUT2D eigenvalue weighted by Crippen LogP contribution is 2.32. The van der Waals surface area contributed by atoms with Gasteiger partial charge in [0.2, 0.25) is 12.2 Å². The van der Waals surface area contributed by atoms with Crippen LogP contribution in [0.3, 0.4) is 0 Å².